The van der Waals surface area contributed by atoms with Gasteiger partial charge in [0.25, 0.3) is 0 Å². The molecule has 0 fully saturated rings. The predicted octanol–water partition coefficient (Wildman–Crippen LogP) is 1.51. The number of nitrogens with two attached hydrogens (primary N) is 1. The van der Waals surface area contributed by atoms with Gasteiger partial charge in [0, 0.05) is 5.54 Å². The molecule has 0 aliphatic rings. The largest absolute Gasteiger partial charge is 0.480 e. The van der Waals surface area contributed by atoms with Gasteiger partial charge in [-0.05, 0) is 40.2 Å². The molecule has 0 bridgehead atoms. The van der Waals surface area contributed by atoms with Crippen LogP contribution in [-0.2, 0) is 4.79 Å². The maximum atomic E-state index is 11.1. The summed E-state index contributed by atoms with van der Waals surface area (Å²) in [6.45, 7) is 6.44. The van der Waals surface area contributed by atoms with Gasteiger partial charge in [-0.3, -0.25) is 4.79 Å². The van der Waals surface area contributed by atoms with Crippen molar-refractivity contribution in [3.8, 4) is 0 Å². The quantitative estimate of drug-likeness (QED) is 0.481. The van der Waals surface area contributed by atoms with Crippen molar-refractivity contribution >= 4 is 18.8 Å². The van der Waals surface area contributed by atoms with Crippen LogP contribution >= 0.6 is 12.8 Å². The molecule has 0 aromatic heterocycles. The van der Waals surface area contributed by atoms with Gasteiger partial charge in [-0.25, -0.2) is 4.31 Å². The molecule has 0 aliphatic heterocycles. The molecule has 0 spiro atoms. The lowest BCUT2D eigenvalue weighted by atomic mass is 10.0. The van der Waals surface area contributed by atoms with E-state index in [4.69, 9.17) is 10.8 Å². The molecule has 0 rings (SSSR count). The van der Waals surface area contributed by atoms with E-state index in [9.17, 15) is 4.79 Å². The molecule has 1 atom stereocenters. The molecule has 0 aromatic carbocycles. The molecule has 0 aliphatic carbocycles. The first-order valence-corrected chi connectivity index (χ1v) is 5.61. The van der Waals surface area contributed by atoms with Crippen LogP contribution in [0.15, 0.2) is 0 Å². The van der Waals surface area contributed by atoms with Crippen LogP contribution in [0.4, 0.5) is 0 Å². The van der Waals surface area contributed by atoms with Gasteiger partial charge in [-0.2, -0.15) is 0 Å². The number of nitrogens with zero attached hydrogens (tertiary/aromatic N) is 1. The van der Waals surface area contributed by atoms with E-state index in [0.717, 1.165) is 12.8 Å². The van der Waals surface area contributed by atoms with Crippen LogP contribution in [0.1, 0.15) is 40.0 Å². The smallest absolute Gasteiger partial charge is 0.321 e. The molecule has 0 amide bonds. The Kier molecular flexibility index (Phi) is 6.24. The summed E-state index contributed by atoms with van der Waals surface area (Å²) in [5, 5.41) is 9.08. The first-order chi connectivity index (χ1) is 6.80. The standard InChI is InChI=1S/C10H22N2O2S/c1-10(2,3)12(15)8(9(13)14)6-4-5-7-11/h8,15H,4-7,11H2,1-3H3,(H,13,14)/t8-/m0/s1. The van der Waals surface area contributed by atoms with E-state index >= 15 is 0 Å². The van der Waals surface area contributed by atoms with E-state index in [1.165, 1.54) is 0 Å². The van der Waals surface area contributed by atoms with Crippen molar-refractivity contribution in [1.82, 2.24) is 4.31 Å². The maximum absolute atomic E-state index is 11.1. The third-order valence-electron chi connectivity index (χ3n) is 2.20. The number of hydrogen-bond donors (Lipinski definition) is 3. The molecule has 3 N–H and O–H groups in total. The number of thiol groups is 1. The van der Waals surface area contributed by atoms with Crippen molar-refractivity contribution in [2.75, 3.05) is 6.54 Å². The zero-order chi connectivity index (χ0) is 12.1. The Morgan fingerprint density at radius 3 is 2.33 bits per heavy atom. The number of carboxylic acids is 1. The number of hydrogen-bond acceptors (Lipinski definition) is 4. The fourth-order valence-electron chi connectivity index (χ4n) is 1.30. The number of rotatable bonds is 6. The van der Waals surface area contributed by atoms with Crippen LogP contribution in [0.5, 0.6) is 0 Å². The zero-order valence-corrected chi connectivity index (χ0v) is 10.6. The normalized spacial score (nSPS) is 14.3. The van der Waals surface area contributed by atoms with E-state index in [2.05, 4.69) is 12.8 Å². The second kappa shape index (κ2) is 6.35. The molecule has 90 valence electrons. The SMILES string of the molecule is CC(C)(C)N(S)[C@@H](CCCCN)C(=O)O. The van der Waals surface area contributed by atoms with Gasteiger partial charge in [-0.15, -0.1) is 0 Å². The van der Waals surface area contributed by atoms with Crippen molar-refractivity contribution in [3.63, 3.8) is 0 Å². The molecule has 0 unspecified atom stereocenters. The summed E-state index contributed by atoms with van der Waals surface area (Å²) in [5.41, 5.74) is 5.12. The summed E-state index contributed by atoms with van der Waals surface area (Å²) in [6.07, 6.45) is 2.27. The highest BCUT2D eigenvalue weighted by atomic mass is 32.1. The fraction of sp³-hybridized carbons (Fsp3) is 0.900. The average Bonchev–Trinajstić information content (AvgIpc) is 2.09. The Labute approximate surface area is 97.4 Å². The summed E-state index contributed by atoms with van der Waals surface area (Å²) in [7, 11) is 0. The molecular weight excluding hydrogens is 212 g/mol. The monoisotopic (exact) mass is 234 g/mol. The minimum absolute atomic E-state index is 0.255. The molecule has 0 radical (unpaired) electrons. The lowest BCUT2D eigenvalue weighted by Crippen LogP contribution is -2.45. The first kappa shape index (κ1) is 14.7. The van der Waals surface area contributed by atoms with Crippen LogP contribution in [0, 0.1) is 0 Å². The topological polar surface area (TPSA) is 66.6 Å². The molecule has 0 heterocycles. The lowest BCUT2D eigenvalue weighted by Gasteiger charge is -2.35. The Morgan fingerprint density at radius 2 is 2.00 bits per heavy atom. The number of unbranched alkanes of at least 4 members (excludes halogenated alkanes) is 1. The predicted molar refractivity (Wildman–Crippen MR) is 64.9 cm³/mol. The zero-order valence-electron chi connectivity index (χ0n) is 9.73. The summed E-state index contributed by atoms with van der Waals surface area (Å²) >= 11 is 4.27. The van der Waals surface area contributed by atoms with Crippen molar-refractivity contribution in [3.05, 3.63) is 0 Å². The van der Waals surface area contributed by atoms with Crippen LogP contribution in [0.25, 0.3) is 0 Å². The Bertz CT molecular complexity index is 204. The van der Waals surface area contributed by atoms with Crippen molar-refractivity contribution in [2.45, 2.75) is 51.6 Å². The third kappa shape index (κ3) is 5.39. The molecular formula is C10H22N2O2S. The van der Waals surface area contributed by atoms with Crippen LogP contribution in [0.3, 0.4) is 0 Å². The highest BCUT2D eigenvalue weighted by Gasteiger charge is 2.30. The molecule has 0 aromatic rings. The van der Waals surface area contributed by atoms with Gasteiger partial charge in [0.15, 0.2) is 0 Å². The van der Waals surface area contributed by atoms with Gasteiger partial charge in [0.05, 0.1) is 0 Å². The fourth-order valence-corrected chi connectivity index (χ4v) is 1.51. The summed E-state index contributed by atoms with van der Waals surface area (Å²) in [5.74, 6) is -0.822. The summed E-state index contributed by atoms with van der Waals surface area (Å²) in [6, 6.07) is -0.542. The van der Waals surface area contributed by atoms with E-state index in [1.54, 1.807) is 4.31 Å². The lowest BCUT2D eigenvalue weighted by molar-refractivity contribution is -0.142. The minimum Gasteiger partial charge on any atom is -0.480 e. The average molecular weight is 234 g/mol. The van der Waals surface area contributed by atoms with E-state index < -0.39 is 12.0 Å². The third-order valence-corrected chi connectivity index (χ3v) is 3.08. The summed E-state index contributed by atoms with van der Waals surface area (Å²) in [4.78, 5) is 11.1. The van der Waals surface area contributed by atoms with Crippen LogP contribution < -0.4 is 5.73 Å². The van der Waals surface area contributed by atoms with E-state index in [-0.39, 0.29) is 5.54 Å². The number of carboxylic acid groups (broad SMARTS) is 1. The highest BCUT2D eigenvalue weighted by Crippen LogP contribution is 2.22. The van der Waals surface area contributed by atoms with Crippen LogP contribution in [0.2, 0.25) is 0 Å². The number of carbonyl (C=O) groups is 1. The van der Waals surface area contributed by atoms with E-state index in [0.29, 0.717) is 13.0 Å². The highest BCUT2D eigenvalue weighted by molar-refractivity contribution is 7.77. The number of aliphatic carboxylic acids is 1. The van der Waals surface area contributed by atoms with Crippen LogP contribution in [-0.4, -0.2) is 33.5 Å². The Balaban J connectivity index is 4.33. The maximum Gasteiger partial charge on any atom is 0.321 e. The molecule has 15 heavy (non-hydrogen) atoms. The van der Waals surface area contributed by atoms with Gasteiger partial charge >= 0.3 is 5.97 Å². The van der Waals surface area contributed by atoms with Crippen molar-refractivity contribution in [2.24, 2.45) is 5.73 Å². The van der Waals surface area contributed by atoms with Crippen molar-refractivity contribution < 1.29 is 9.90 Å². The first-order valence-electron chi connectivity index (χ1n) is 5.21. The second-order valence-electron chi connectivity index (χ2n) is 4.65. The minimum atomic E-state index is -0.822. The molecule has 0 saturated heterocycles. The van der Waals surface area contributed by atoms with Crippen molar-refractivity contribution in [1.29, 1.82) is 0 Å². The second-order valence-corrected chi connectivity index (χ2v) is 5.08. The van der Waals surface area contributed by atoms with Gasteiger partial charge in [0.1, 0.15) is 6.04 Å². The molecule has 4 nitrogen and oxygen atoms in total. The molecule has 5 heteroatoms. The Hall–Kier alpha value is -0.260. The van der Waals surface area contributed by atoms with Gasteiger partial charge in [-0.1, -0.05) is 19.2 Å². The Morgan fingerprint density at radius 1 is 1.47 bits per heavy atom. The summed E-state index contributed by atoms with van der Waals surface area (Å²) < 4.78 is 1.60. The van der Waals surface area contributed by atoms with E-state index in [1.807, 2.05) is 20.8 Å². The van der Waals surface area contributed by atoms with Gasteiger partial charge in [0.2, 0.25) is 0 Å². The molecule has 0 saturated carbocycles. The van der Waals surface area contributed by atoms with Gasteiger partial charge < -0.3 is 10.8 Å².